The van der Waals surface area contributed by atoms with E-state index in [0.29, 0.717) is 0 Å². The van der Waals surface area contributed by atoms with Crippen LogP contribution in [0, 0.1) is 0 Å². The third kappa shape index (κ3) is 5070. The van der Waals surface area contributed by atoms with Gasteiger partial charge in [0, 0.05) is 31.2 Å². The maximum atomic E-state index is 8.52. The molecule has 0 fully saturated rings. The summed E-state index contributed by atoms with van der Waals surface area (Å²) in [5.74, 6) is 0. The Morgan fingerprint density at radius 3 is 0.412 bits per heavy atom. The summed E-state index contributed by atoms with van der Waals surface area (Å²) in [6.45, 7) is 0. The Morgan fingerprint density at radius 1 is 0.412 bits per heavy atom. The van der Waals surface area contributed by atoms with E-state index in [1.165, 1.54) is 0 Å². The van der Waals surface area contributed by atoms with Crippen molar-refractivity contribution in [3.63, 3.8) is 0 Å². The monoisotopic (exact) mass is 494 g/mol. The summed E-state index contributed by atoms with van der Waals surface area (Å²) in [5.41, 5.74) is 0. The van der Waals surface area contributed by atoms with Crippen molar-refractivity contribution in [1.82, 2.24) is 0 Å². The molecule has 0 saturated carbocycles. The predicted molar refractivity (Wildman–Crippen MR) is 31.4 cm³/mol. The molecule has 108 valence electrons. The Bertz CT molecular complexity index is 341. The van der Waals surface area contributed by atoms with Gasteiger partial charge in [-0.05, 0) is 0 Å². The van der Waals surface area contributed by atoms with Gasteiger partial charge >= 0.3 is 39.0 Å². The van der Waals surface area contributed by atoms with E-state index in [-0.39, 0.29) is 39.0 Å². The molecular formula is O12Rh2S3. The first kappa shape index (κ1) is 30.7. The molecule has 0 rings (SSSR count). The zero-order valence-corrected chi connectivity index (χ0v) is 12.5. The summed E-state index contributed by atoms with van der Waals surface area (Å²) in [7, 11) is -15.5. The van der Waals surface area contributed by atoms with E-state index in [9.17, 15) is 0 Å². The van der Waals surface area contributed by atoms with Crippen molar-refractivity contribution in [2.75, 3.05) is 0 Å². The Kier molecular flexibility index (Phi) is 21.5. The van der Waals surface area contributed by atoms with Gasteiger partial charge in [-0.25, -0.2) is 0 Å². The molecule has 0 heterocycles. The van der Waals surface area contributed by atoms with E-state index >= 15 is 0 Å². The van der Waals surface area contributed by atoms with Crippen LogP contribution in [0.3, 0.4) is 0 Å². The molecule has 0 aromatic carbocycles. The molecular weight excluding hydrogens is 494 g/mol. The van der Waals surface area contributed by atoms with Crippen LogP contribution in [0.1, 0.15) is 0 Å². The summed E-state index contributed by atoms with van der Waals surface area (Å²) in [4.78, 5) is 0. The fraction of sp³-hybridized carbons (Fsp3) is 0. The third-order valence-electron chi connectivity index (χ3n) is 0. The molecule has 0 atom stereocenters. The van der Waals surface area contributed by atoms with E-state index in [0.717, 1.165) is 0 Å². The van der Waals surface area contributed by atoms with Crippen LogP contribution >= 0.6 is 0 Å². The molecule has 0 aliphatic rings. The summed E-state index contributed by atoms with van der Waals surface area (Å²) >= 11 is 0. The summed E-state index contributed by atoms with van der Waals surface area (Å²) in [6.07, 6.45) is 0. The molecule has 0 aliphatic heterocycles. The fourth-order valence-electron chi connectivity index (χ4n) is 0. The van der Waals surface area contributed by atoms with Gasteiger partial charge in [-0.3, -0.25) is 25.3 Å². The van der Waals surface area contributed by atoms with Gasteiger partial charge in [0.15, 0.2) is 0 Å². The second-order valence-electron chi connectivity index (χ2n) is 1.22. The van der Waals surface area contributed by atoms with Gasteiger partial charge < -0.3 is 27.3 Å². The summed E-state index contributed by atoms with van der Waals surface area (Å²) in [6, 6.07) is 0. The van der Waals surface area contributed by atoms with Gasteiger partial charge in [-0.1, -0.05) is 0 Å². The van der Waals surface area contributed by atoms with E-state index < -0.39 is 31.2 Å². The average molecular weight is 494 g/mol. The second-order valence-corrected chi connectivity index (χ2v) is 3.67. The van der Waals surface area contributed by atoms with Crippen molar-refractivity contribution in [2.45, 2.75) is 0 Å². The van der Waals surface area contributed by atoms with Gasteiger partial charge in [-0.2, -0.15) is 0 Å². The van der Waals surface area contributed by atoms with Crippen LogP contribution in [0.4, 0.5) is 0 Å². The first-order chi connectivity index (χ1) is 6.00. The van der Waals surface area contributed by atoms with E-state index in [1.807, 2.05) is 0 Å². The minimum absolute atomic E-state index is 0. The molecule has 0 spiro atoms. The van der Waals surface area contributed by atoms with Crippen molar-refractivity contribution in [2.24, 2.45) is 0 Å². The average Bonchev–Trinajstić information content (AvgIpc) is 1.41. The first-order valence-electron chi connectivity index (χ1n) is 2.00. The van der Waals surface area contributed by atoms with Crippen LogP contribution in [-0.2, 0) is 70.2 Å². The molecule has 0 aromatic rings. The quantitative estimate of drug-likeness (QED) is 0.178. The normalized spacial score (nSPS) is 10.2. The van der Waals surface area contributed by atoms with Crippen molar-refractivity contribution >= 4 is 31.2 Å². The van der Waals surface area contributed by atoms with Crippen LogP contribution in [0.5, 0.6) is 0 Å². The van der Waals surface area contributed by atoms with Crippen LogP contribution < -0.4 is 0 Å². The Balaban J connectivity index is -0.0000000400. The van der Waals surface area contributed by atoms with Crippen molar-refractivity contribution in [1.29, 1.82) is 0 Å². The Morgan fingerprint density at radius 2 is 0.412 bits per heavy atom. The topological polar surface area (TPSA) is 241 Å². The minimum atomic E-state index is -5.17. The summed E-state index contributed by atoms with van der Waals surface area (Å²) < 4.78 is 102. The molecule has 0 radical (unpaired) electrons. The van der Waals surface area contributed by atoms with Crippen LogP contribution in [0.2, 0.25) is 0 Å². The van der Waals surface area contributed by atoms with E-state index in [2.05, 4.69) is 0 Å². The van der Waals surface area contributed by atoms with Gasteiger partial charge in [0.1, 0.15) is 0 Å². The number of rotatable bonds is 0. The van der Waals surface area contributed by atoms with Gasteiger partial charge in [0.2, 0.25) is 0 Å². The third-order valence-corrected chi connectivity index (χ3v) is 0. The maximum absolute atomic E-state index is 8.52. The number of hydrogen-bond donors (Lipinski definition) is 0. The largest absolute Gasteiger partial charge is 3.00 e. The van der Waals surface area contributed by atoms with Crippen LogP contribution in [0.15, 0.2) is 0 Å². The molecule has 0 saturated heterocycles. The molecule has 17 heteroatoms. The Labute approximate surface area is 122 Å². The zero-order chi connectivity index (χ0) is 13.5. The SMILES string of the molecule is O=S(=O)([O-])[O-].O=S(=O)([O-])[O-].O=S(=O)([O-])[O-].[Rh+3].[Rh+3]. The molecule has 0 bridgehead atoms. The maximum Gasteiger partial charge on any atom is 3.00 e. The van der Waals surface area contributed by atoms with E-state index in [1.54, 1.807) is 0 Å². The molecule has 17 heavy (non-hydrogen) atoms. The van der Waals surface area contributed by atoms with Crippen LogP contribution in [0.25, 0.3) is 0 Å². The molecule has 0 unspecified atom stereocenters. The molecule has 0 amide bonds. The van der Waals surface area contributed by atoms with Crippen molar-refractivity contribution in [3.05, 3.63) is 0 Å². The van der Waals surface area contributed by atoms with E-state index in [4.69, 9.17) is 52.6 Å². The number of hydrogen-bond acceptors (Lipinski definition) is 12. The van der Waals surface area contributed by atoms with Gasteiger partial charge in [-0.15, -0.1) is 0 Å². The van der Waals surface area contributed by atoms with Gasteiger partial charge in [0.25, 0.3) is 0 Å². The standard InChI is InChI=1S/3H2O4S.2Rh/c3*1-5(2,3)4;;/h3*(H2,1,2,3,4);;/q;;;2*+3/p-6. The summed E-state index contributed by atoms with van der Waals surface area (Å²) in [5, 5.41) is 0. The Hall–Kier alpha value is 0.857. The molecule has 0 N–H and O–H groups in total. The molecule has 0 aromatic heterocycles. The molecule has 12 nitrogen and oxygen atoms in total. The zero-order valence-electron chi connectivity index (χ0n) is 6.79. The van der Waals surface area contributed by atoms with Gasteiger partial charge in [0.05, 0.1) is 0 Å². The fourth-order valence-corrected chi connectivity index (χ4v) is 0. The molecule has 0 aliphatic carbocycles. The minimum Gasteiger partial charge on any atom is -0.759 e. The van der Waals surface area contributed by atoms with Crippen molar-refractivity contribution in [3.8, 4) is 0 Å². The second kappa shape index (κ2) is 11.9. The van der Waals surface area contributed by atoms with Crippen LogP contribution in [-0.4, -0.2) is 52.6 Å². The van der Waals surface area contributed by atoms with Crippen molar-refractivity contribution < 1.29 is 91.5 Å². The smallest absolute Gasteiger partial charge is 0.759 e. The first-order valence-corrected chi connectivity index (χ1v) is 6.00. The predicted octanol–water partition coefficient (Wildman–Crippen LogP) is -4.02.